The molecule has 0 aliphatic carbocycles. The number of ether oxygens (including phenoxy) is 2. The maximum atomic E-state index is 5.67. The largest absolute Gasteiger partial charge is 0.497 e. The Labute approximate surface area is 163 Å². The van der Waals surface area contributed by atoms with Crippen LogP contribution in [0.5, 0.6) is 11.6 Å². The Morgan fingerprint density at radius 2 is 2.15 bits per heavy atom. The maximum absolute atomic E-state index is 5.67. The van der Waals surface area contributed by atoms with Gasteiger partial charge in [-0.1, -0.05) is 17.9 Å². The summed E-state index contributed by atoms with van der Waals surface area (Å²) in [5, 5.41) is 0. The molecule has 5 nitrogen and oxygen atoms in total. The standard InChI is InChI=1S/C20H22BrN3O2/c1-5-24(3)14-22-19-13-18(21)20(23-15(19)2)26-11-7-9-16-8-6-10-17(12-16)25-4/h6,8,10,12-14H,5,11H2,1-4H3/b22-14+. The van der Waals surface area contributed by atoms with Gasteiger partial charge in [-0.25, -0.2) is 9.98 Å². The van der Waals surface area contributed by atoms with Crippen molar-refractivity contribution in [2.45, 2.75) is 13.8 Å². The Morgan fingerprint density at radius 1 is 1.35 bits per heavy atom. The van der Waals surface area contributed by atoms with E-state index >= 15 is 0 Å². The molecule has 0 amide bonds. The lowest BCUT2D eigenvalue weighted by molar-refractivity contribution is 0.352. The van der Waals surface area contributed by atoms with E-state index in [9.17, 15) is 0 Å². The summed E-state index contributed by atoms with van der Waals surface area (Å²) in [6.07, 6.45) is 1.79. The first-order valence-electron chi connectivity index (χ1n) is 8.20. The average molecular weight is 416 g/mol. The number of pyridine rings is 1. The fourth-order valence-corrected chi connectivity index (χ4v) is 2.39. The monoisotopic (exact) mass is 415 g/mol. The van der Waals surface area contributed by atoms with Crippen molar-refractivity contribution in [2.24, 2.45) is 4.99 Å². The van der Waals surface area contributed by atoms with Gasteiger partial charge in [0.05, 0.1) is 29.3 Å². The number of benzene rings is 1. The first kappa shape index (κ1) is 19.8. The number of methoxy groups -OCH3 is 1. The van der Waals surface area contributed by atoms with Crippen molar-refractivity contribution in [2.75, 3.05) is 27.3 Å². The van der Waals surface area contributed by atoms with Gasteiger partial charge in [0.2, 0.25) is 5.88 Å². The summed E-state index contributed by atoms with van der Waals surface area (Å²) in [5.41, 5.74) is 2.47. The lowest BCUT2D eigenvalue weighted by Crippen LogP contribution is -2.14. The van der Waals surface area contributed by atoms with E-state index in [-0.39, 0.29) is 6.61 Å². The van der Waals surface area contributed by atoms with Gasteiger partial charge in [-0.05, 0) is 54.0 Å². The number of rotatable bonds is 6. The first-order chi connectivity index (χ1) is 12.5. The van der Waals surface area contributed by atoms with Crippen LogP contribution in [-0.2, 0) is 0 Å². The van der Waals surface area contributed by atoms with Crippen molar-refractivity contribution < 1.29 is 9.47 Å². The van der Waals surface area contributed by atoms with Crippen LogP contribution in [0.1, 0.15) is 18.2 Å². The molecule has 0 aliphatic rings. The highest BCUT2D eigenvalue weighted by Gasteiger charge is 2.07. The van der Waals surface area contributed by atoms with Crippen molar-refractivity contribution in [1.82, 2.24) is 9.88 Å². The van der Waals surface area contributed by atoms with E-state index in [1.54, 1.807) is 13.4 Å². The van der Waals surface area contributed by atoms with Gasteiger partial charge in [-0.15, -0.1) is 0 Å². The van der Waals surface area contributed by atoms with Crippen LogP contribution in [0.15, 0.2) is 39.8 Å². The molecule has 0 spiro atoms. The minimum Gasteiger partial charge on any atom is -0.497 e. The Bertz CT molecular complexity index is 841. The third-order valence-electron chi connectivity index (χ3n) is 3.58. The molecule has 1 aromatic carbocycles. The Morgan fingerprint density at radius 3 is 2.88 bits per heavy atom. The van der Waals surface area contributed by atoms with Gasteiger partial charge < -0.3 is 14.4 Å². The van der Waals surface area contributed by atoms with Crippen molar-refractivity contribution in [1.29, 1.82) is 0 Å². The smallest absolute Gasteiger partial charge is 0.229 e. The summed E-state index contributed by atoms with van der Waals surface area (Å²) < 4.78 is 11.6. The second kappa shape index (κ2) is 9.83. The molecule has 6 heteroatoms. The van der Waals surface area contributed by atoms with Gasteiger partial charge >= 0.3 is 0 Å². The third-order valence-corrected chi connectivity index (χ3v) is 4.15. The Hall–Kier alpha value is -2.52. The lowest BCUT2D eigenvalue weighted by atomic mass is 10.2. The van der Waals surface area contributed by atoms with Gasteiger partial charge in [0, 0.05) is 19.2 Å². The van der Waals surface area contributed by atoms with Crippen LogP contribution < -0.4 is 9.47 Å². The van der Waals surface area contributed by atoms with E-state index in [4.69, 9.17) is 9.47 Å². The van der Waals surface area contributed by atoms with Crippen LogP contribution in [0.4, 0.5) is 5.69 Å². The van der Waals surface area contributed by atoms with E-state index in [0.29, 0.717) is 5.88 Å². The van der Waals surface area contributed by atoms with E-state index in [1.807, 2.05) is 49.2 Å². The number of hydrogen-bond donors (Lipinski definition) is 0. The summed E-state index contributed by atoms with van der Waals surface area (Å²) in [4.78, 5) is 10.9. The van der Waals surface area contributed by atoms with Crippen LogP contribution in [0.2, 0.25) is 0 Å². The lowest BCUT2D eigenvalue weighted by Gasteiger charge is -2.10. The third kappa shape index (κ3) is 5.78. The van der Waals surface area contributed by atoms with Crippen molar-refractivity contribution >= 4 is 28.0 Å². The van der Waals surface area contributed by atoms with Gasteiger partial charge in [0.25, 0.3) is 0 Å². The average Bonchev–Trinajstić information content (AvgIpc) is 2.66. The maximum Gasteiger partial charge on any atom is 0.229 e. The Kier molecular flexibility index (Phi) is 7.49. The topological polar surface area (TPSA) is 47.0 Å². The highest BCUT2D eigenvalue weighted by atomic mass is 79.9. The van der Waals surface area contributed by atoms with Gasteiger partial charge in [0.15, 0.2) is 6.61 Å². The van der Waals surface area contributed by atoms with Crippen LogP contribution in [-0.4, -0.2) is 43.5 Å². The van der Waals surface area contributed by atoms with Crippen LogP contribution >= 0.6 is 15.9 Å². The fraction of sp³-hybridized carbons (Fsp3) is 0.300. The highest BCUT2D eigenvalue weighted by Crippen LogP contribution is 2.29. The summed E-state index contributed by atoms with van der Waals surface area (Å²) in [7, 11) is 3.61. The zero-order chi connectivity index (χ0) is 18.9. The van der Waals surface area contributed by atoms with Crippen molar-refractivity contribution in [3.8, 4) is 23.5 Å². The molecular formula is C20H22BrN3O2. The van der Waals surface area contributed by atoms with Crippen LogP contribution in [0, 0.1) is 18.8 Å². The molecule has 0 unspecified atom stereocenters. The zero-order valence-corrected chi connectivity index (χ0v) is 17.0. The number of nitrogens with zero attached hydrogens (tertiary/aromatic N) is 3. The number of hydrogen-bond acceptors (Lipinski definition) is 4. The number of aliphatic imine (C=N–C) groups is 1. The van der Waals surface area contributed by atoms with Gasteiger partial charge in [-0.3, -0.25) is 0 Å². The van der Waals surface area contributed by atoms with Gasteiger partial charge in [0.1, 0.15) is 5.75 Å². The quantitative estimate of drug-likeness (QED) is 0.402. The van der Waals surface area contributed by atoms with E-state index in [1.165, 1.54) is 0 Å². The SMILES string of the molecule is CCN(C)/C=N/c1cc(Br)c(OCC#Cc2cccc(OC)c2)nc1C. The molecule has 2 rings (SSSR count). The predicted molar refractivity (Wildman–Crippen MR) is 108 cm³/mol. The summed E-state index contributed by atoms with van der Waals surface area (Å²) >= 11 is 3.48. The molecule has 136 valence electrons. The molecule has 2 aromatic rings. The molecule has 26 heavy (non-hydrogen) atoms. The second-order valence-electron chi connectivity index (χ2n) is 5.52. The molecule has 0 radical (unpaired) electrons. The molecule has 0 saturated heterocycles. The number of halogens is 1. The van der Waals surface area contributed by atoms with Crippen LogP contribution in [0.25, 0.3) is 0 Å². The first-order valence-corrected chi connectivity index (χ1v) is 9.00. The molecule has 0 aliphatic heterocycles. The molecule has 0 saturated carbocycles. The minimum absolute atomic E-state index is 0.240. The second-order valence-corrected chi connectivity index (χ2v) is 6.37. The van der Waals surface area contributed by atoms with Crippen LogP contribution in [0.3, 0.4) is 0 Å². The molecule has 0 N–H and O–H groups in total. The van der Waals surface area contributed by atoms with Gasteiger partial charge in [-0.2, -0.15) is 0 Å². The van der Waals surface area contributed by atoms with E-state index in [0.717, 1.165) is 33.7 Å². The van der Waals surface area contributed by atoms with E-state index in [2.05, 4.69) is 44.7 Å². The molecule has 1 heterocycles. The number of aromatic nitrogens is 1. The number of aryl methyl sites for hydroxylation is 1. The zero-order valence-electron chi connectivity index (χ0n) is 15.4. The summed E-state index contributed by atoms with van der Waals surface area (Å²) in [6, 6.07) is 9.49. The molecule has 0 atom stereocenters. The summed E-state index contributed by atoms with van der Waals surface area (Å²) in [5.74, 6) is 7.32. The summed E-state index contributed by atoms with van der Waals surface area (Å²) in [6.45, 7) is 5.10. The normalized spacial score (nSPS) is 10.3. The fourth-order valence-electron chi connectivity index (χ4n) is 1.97. The molecular weight excluding hydrogens is 394 g/mol. The molecule has 0 fully saturated rings. The minimum atomic E-state index is 0.240. The molecule has 1 aromatic heterocycles. The predicted octanol–water partition coefficient (Wildman–Crippen LogP) is 4.20. The Balaban J connectivity index is 2.03. The molecule has 0 bridgehead atoms. The van der Waals surface area contributed by atoms with E-state index < -0.39 is 0 Å². The van der Waals surface area contributed by atoms with Crippen molar-refractivity contribution in [3.05, 3.63) is 46.1 Å². The highest BCUT2D eigenvalue weighted by molar-refractivity contribution is 9.10. The van der Waals surface area contributed by atoms with Crippen molar-refractivity contribution in [3.63, 3.8) is 0 Å².